The number of thiol groups is 1. The molecule has 1 unspecified atom stereocenters. The van der Waals surface area contributed by atoms with Gasteiger partial charge < -0.3 is 5.32 Å². The minimum atomic E-state index is -0.620. The Morgan fingerprint density at radius 3 is 2.82 bits per heavy atom. The standard InChI is InChI=1S/C5H9N3O2S/c1-2-8-4(10)3(9)6-5(11)7-8/h5,7,11H,2H2,1H3,(H,6,9). The van der Waals surface area contributed by atoms with Gasteiger partial charge in [0.15, 0.2) is 0 Å². The smallest absolute Gasteiger partial charge is 0.322 e. The average molecular weight is 175 g/mol. The first kappa shape index (κ1) is 8.35. The summed E-state index contributed by atoms with van der Waals surface area (Å²) in [5, 5.41) is 3.53. The van der Waals surface area contributed by atoms with Crippen molar-refractivity contribution in [2.24, 2.45) is 0 Å². The van der Waals surface area contributed by atoms with Crippen LogP contribution in [-0.4, -0.2) is 28.9 Å². The van der Waals surface area contributed by atoms with E-state index >= 15 is 0 Å². The number of nitrogens with zero attached hydrogens (tertiary/aromatic N) is 1. The third-order valence-electron chi connectivity index (χ3n) is 1.30. The lowest BCUT2D eigenvalue weighted by molar-refractivity contribution is -0.151. The van der Waals surface area contributed by atoms with Crippen LogP contribution in [0.2, 0.25) is 0 Å². The van der Waals surface area contributed by atoms with Gasteiger partial charge in [-0.2, -0.15) is 5.43 Å². The highest BCUT2D eigenvalue weighted by molar-refractivity contribution is 7.80. The van der Waals surface area contributed by atoms with Crippen molar-refractivity contribution in [1.82, 2.24) is 15.8 Å². The van der Waals surface area contributed by atoms with Crippen LogP contribution in [0.1, 0.15) is 6.92 Å². The van der Waals surface area contributed by atoms with Gasteiger partial charge >= 0.3 is 11.8 Å². The summed E-state index contributed by atoms with van der Waals surface area (Å²) in [6, 6.07) is 0. The molecule has 0 radical (unpaired) electrons. The van der Waals surface area contributed by atoms with Crippen molar-refractivity contribution >= 4 is 24.4 Å². The second kappa shape index (κ2) is 3.10. The van der Waals surface area contributed by atoms with Gasteiger partial charge in [-0.25, -0.2) is 0 Å². The molecular weight excluding hydrogens is 166 g/mol. The van der Waals surface area contributed by atoms with E-state index in [1.54, 1.807) is 6.92 Å². The molecule has 1 saturated heterocycles. The molecule has 0 aromatic heterocycles. The van der Waals surface area contributed by atoms with Gasteiger partial charge in [0.2, 0.25) is 0 Å². The number of nitrogens with one attached hydrogen (secondary N) is 2. The van der Waals surface area contributed by atoms with Crippen molar-refractivity contribution < 1.29 is 9.59 Å². The normalized spacial score (nSPS) is 25.3. The zero-order valence-electron chi connectivity index (χ0n) is 6.00. The van der Waals surface area contributed by atoms with Gasteiger partial charge in [-0.05, 0) is 6.92 Å². The van der Waals surface area contributed by atoms with Crippen LogP contribution in [0.5, 0.6) is 0 Å². The molecule has 0 bridgehead atoms. The maximum absolute atomic E-state index is 10.9. The van der Waals surface area contributed by atoms with Crippen LogP contribution in [0.3, 0.4) is 0 Å². The number of amides is 2. The van der Waals surface area contributed by atoms with Gasteiger partial charge in [0.05, 0.1) is 0 Å². The van der Waals surface area contributed by atoms with Gasteiger partial charge in [-0.15, -0.1) is 12.6 Å². The highest BCUT2D eigenvalue weighted by Gasteiger charge is 2.28. The molecule has 1 heterocycles. The highest BCUT2D eigenvalue weighted by Crippen LogP contribution is 1.96. The molecule has 62 valence electrons. The van der Waals surface area contributed by atoms with Crippen molar-refractivity contribution in [3.8, 4) is 0 Å². The summed E-state index contributed by atoms with van der Waals surface area (Å²) in [7, 11) is 0. The molecule has 2 N–H and O–H groups in total. The molecule has 1 fully saturated rings. The molecule has 1 rings (SSSR count). The van der Waals surface area contributed by atoms with E-state index < -0.39 is 17.3 Å². The molecule has 0 spiro atoms. The number of carbonyl (C=O) groups is 2. The van der Waals surface area contributed by atoms with Crippen molar-refractivity contribution in [3.63, 3.8) is 0 Å². The zero-order valence-corrected chi connectivity index (χ0v) is 6.89. The van der Waals surface area contributed by atoms with E-state index in [4.69, 9.17) is 0 Å². The van der Waals surface area contributed by atoms with E-state index in [0.717, 1.165) is 0 Å². The third-order valence-corrected chi connectivity index (χ3v) is 1.55. The molecule has 0 saturated carbocycles. The molecule has 11 heavy (non-hydrogen) atoms. The van der Waals surface area contributed by atoms with E-state index in [1.807, 2.05) is 0 Å². The molecule has 6 heteroatoms. The topological polar surface area (TPSA) is 61.4 Å². The lowest BCUT2D eigenvalue weighted by Gasteiger charge is -2.30. The first-order valence-electron chi connectivity index (χ1n) is 3.21. The molecule has 0 aromatic carbocycles. The molecule has 0 aromatic rings. The van der Waals surface area contributed by atoms with E-state index in [-0.39, 0.29) is 0 Å². The van der Waals surface area contributed by atoms with Crippen LogP contribution in [0.25, 0.3) is 0 Å². The number of hydrogen-bond acceptors (Lipinski definition) is 4. The van der Waals surface area contributed by atoms with Crippen LogP contribution in [0, 0.1) is 0 Å². The Labute approximate surface area is 69.5 Å². The second-order valence-electron chi connectivity index (χ2n) is 2.05. The maximum atomic E-state index is 10.9. The Hall–Kier alpha value is -0.750. The van der Waals surface area contributed by atoms with Gasteiger partial charge in [0, 0.05) is 6.54 Å². The number of hydrazine groups is 1. The highest BCUT2D eigenvalue weighted by atomic mass is 32.1. The molecular formula is C5H9N3O2S. The predicted octanol–water partition coefficient (Wildman–Crippen LogP) is -1.32. The summed E-state index contributed by atoms with van der Waals surface area (Å²) in [5.74, 6) is -1.19. The van der Waals surface area contributed by atoms with Crippen LogP contribution >= 0.6 is 12.6 Å². The van der Waals surface area contributed by atoms with Crippen LogP contribution in [0.4, 0.5) is 0 Å². The minimum absolute atomic E-state index is 0.448. The number of carbonyl (C=O) groups excluding carboxylic acids is 2. The fraction of sp³-hybridized carbons (Fsp3) is 0.600. The Kier molecular flexibility index (Phi) is 2.35. The van der Waals surface area contributed by atoms with Gasteiger partial charge in [-0.1, -0.05) is 0 Å². The van der Waals surface area contributed by atoms with E-state index in [9.17, 15) is 9.59 Å². The fourth-order valence-electron chi connectivity index (χ4n) is 0.782. The van der Waals surface area contributed by atoms with Crippen molar-refractivity contribution in [1.29, 1.82) is 0 Å². The summed E-state index contributed by atoms with van der Waals surface area (Å²) in [6.07, 6.45) is 0. The lowest BCUT2D eigenvalue weighted by atomic mass is 10.5. The summed E-state index contributed by atoms with van der Waals surface area (Å²) >= 11 is 3.94. The third kappa shape index (κ3) is 1.63. The predicted molar refractivity (Wildman–Crippen MR) is 41.4 cm³/mol. The van der Waals surface area contributed by atoms with E-state index in [0.29, 0.717) is 6.54 Å². The Balaban J connectivity index is 2.66. The molecule has 1 aliphatic heterocycles. The monoisotopic (exact) mass is 175 g/mol. The zero-order chi connectivity index (χ0) is 8.43. The Morgan fingerprint density at radius 1 is 1.64 bits per heavy atom. The Morgan fingerprint density at radius 2 is 2.27 bits per heavy atom. The number of rotatable bonds is 1. The SMILES string of the molecule is CCN1NC(S)NC(=O)C1=O. The molecule has 5 nitrogen and oxygen atoms in total. The molecule has 2 amide bonds. The molecule has 0 aliphatic carbocycles. The van der Waals surface area contributed by atoms with Gasteiger partial charge in [0.1, 0.15) is 5.50 Å². The van der Waals surface area contributed by atoms with Gasteiger partial charge in [0.25, 0.3) is 0 Å². The van der Waals surface area contributed by atoms with Crippen molar-refractivity contribution in [2.45, 2.75) is 12.4 Å². The lowest BCUT2D eigenvalue weighted by Crippen LogP contribution is -2.62. The van der Waals surface area contributed by atoms with Crippen LogP contribution < -0.4 is 10.7 Å². The quantitative estimate of drug-likeness (QED) is 0.342. The minimum Gasteiger partial charge on any atom is -0.322 e. The maximum Gasteiger partial charge on any atom is 0.326 e. The number of likely N-dealkylation sites (N-methyl/N-ethyl adjacent to an activating group) is 1. The summed E-state index contributed by atoms with van der Waals surface area (Å²) in [4.78, 5) is 21.7. The van der Waals surface area contributed by atoms with Crippen molar-refractivity contribution in [2.75, 3.05) is 6.54 Å². The van der Waals surface area contributed by atoms with E-state index in [1.165, 1.54) is 5.01 Å². The summed E-state index contributed by atoms with van der Waals surface area (Å²) in [5.41, 5.74) is 2.19. The summed E-state index contributed by atoms with van der Waals surface area (Å²) < 4.78 is 0. The number of hydrogen-bond donors (Lipinski definition) is 3. The van der Waals surface area contributed by atoms with E-state index in [2.05, 4.69) is 23.4 Å². The average Bonchev–Trinajstić information content (AvgIpc) is 1.96. The van der Waals surface area contributed by atoms with Gasteiger partial charge in [-0.3, -0.25) is 14.6 Å². The first-order chi connectivity index (χ1) is 5.15. The van der Waals surface area contributed by atoms with Crippen LogP contribution in [0.15, 0.2) is 0 Å². The second-order valence-corrected chi connectivity index (χ2v) is 2.57. The Bertz CT molecular complexity index is 196. The molecule has 1 aliphatic rings. The molecule has 1 atom stereocenters. The largest absolute Gasteiger partial charge is 0.326 e. The summed E-state index contributed by atoms with van der Waals surface area (Å²) in [6.45, 7) is 2.22. The van der Waals surface area contributed by atoms with Crippen molar-refractivity contribution in [3.05, 3.63) is 0 Å². The fourth-order valence-corrected chi connectivity index (χ4v) is 1.04. The first-order valence-corrected chi connectivity index (χ1v) is 3.73. The van der Waals surface area contributed by atoms with Crippen LogP contribution in [-0.2, 0) is 9.59 Å².